The number of para-hydroxylation sites is 4. The lowest BCUT2D eigenvalue weighted by Gasteiger charge is -2.36. The molecule has 4 heteroatoms. The largest absolute Gasteiger partial charge is 0.308 e. The summed E-state index contributed by atoms with van der Waals surface area (Å²) in [5, 5.41) is 0. The van der Waals surface area contributed by atoms with Crippen molar-refractivity contribution in [3.8, 4) is 22.3 Å². The van der Waals surface area contributed by atoms with Gasteiger partial charge in [0.25, 0.3) is 0 Å². The maximum Gasteiger partial charge on any atom is 0.0601 e. The predicted molar refractivity (Wildman–Crippen MR) is 195 cm³/mol. The van der Waals surface area contributed by atoms with Gasteiger partial charge in [-0.3, -0.25) is 0 Å². The summed E-state index contributed by atoms with van der Waals surface area (Å²) in [5.74, 6) is 0. The zero-order valence-corrected chi connectivity index (χ0v) is 26.5. The van der Waals surface area contributed by atoms with Crippen molar-refractivity contribution < 1.29 is 0 Å². The molecule has 0 saturated heterocycles. The van der Waals surface area contributed by atoms with Crippen molar-refractivity contribution >= 4 is 57.6 Å². The molecule has 0 spiro atoms. The lowest BCUT2D eigenvalue weighted by atomic mass is 9.98. The molecule has 2 nitrogen and oxygen atoms in total. The molecule has 0 aliphatic carbocycles. The van der Waals surface area contributed by atoms with Crippen molar-refractivity contribution in [3.63, 3.8) is 0 Å². The van der Waals surface area contributed by atoms with Crippen LogP contribution in [0, 0.1) is 0 Å². The molecule has 7 aromatic rings. The fourth-order valence-electron chi connectivity index (χ4n) is 6.47. The third kappa shape index (κ3) is 4.69. The van der Waals surface area contributed by atoms with Gasteiger partial charge in [-0.15, -0.1) is 0 Å². The Morgan fingerprint density at radius 1 is 0.283 bits per heavy atom. The van der Waals surface area contributed by atoms with Gasteiger partial charge in [0.15, 0.2) is 0 Å². The first-order valence-corrected chi connectivity index (χ1v) is 17.1. The van der Waals surface area contributed by atoms with Crippen LogP contribution < -0.4 is 9.80 Å². The van der Waals surface area contributed by atoms with Gasteiger partial charge in [-0.2, -0.15) is 0 Å². The van der Waals surface area contributed by atoms with Gasteiger partial charge in [0, 0.05) is 31.0 Å². The van der Waals surface area contributed by atoms with E-state index in [0.717, 1.165) is 11.4 Å². The molecule has 7 aromatic carbocycles. The lowest BCUT2D eigenvalue weighted by Crippen LogP contribution is -2.17. The van der Waals surface area contributed by atoms with Gasteiger partial charge in [0.2, 0.25) is 0 Å². The van der Waals surface area contributed by atoms with E-state index in [4.69, 9.17) is 0 Å². The lowest BCUT2D eigenvalue weighted by molar-refractivity contribution is 1.15. The van der Waals surface area contributed by atoms with Crippen LogP contribution in [0.3, 0.4) is 0 Å². The van der Waals surface area contributed by atoms with Gasteiger partial charge in [-0.1, -0.05) is 127 Å². The first kappa shape index (κ1) is 27.2. The van der Waals surface area contributed by atoms with Gasteiger partial charge >= 0.3 is 0 Å². The summed E-state index contributed by atoms with van der Waals surface area (Å²) in [6.07, 6.45) is 0. The second kappa shape index (κ2) is 11.3. The van der Waals surface area contributed by atoms with Gasteiger partial charge in [0.1, 0.15) is 0 Å². The molecule has 0 fully saturated rings. The van der Waals surface area contributed by atoms with E-state index in [1.54, 1.807) is 0 Å². The Morgan fingerprint density at radius 2 is 0.609 bits per heavy atom. The van der Waals surface area contributed by atoms with Crippen molar-refractivity contribution in [2.75, 3.05) is 9.80 Å². The quantitative estimate of drug-likeness (QED) is 0.192. The van der Waals surface area contributed by atoms with Crippen LogP contribution in [0.15, 0.2) is 189 Å². The molecule has 218 valence electrons. The maximum absolute atomic E-state index is 2.43. The second-order valence-corrected chi connectivity index (χ2v) is 13.6. The molecule has 46 heavy (non-hydrogen) atoms. The number of fused-ring (bicyclic) bond motifs is 4. The summed E-state index contributed by atoms with van der Waals surface area (Å²) < 4.78 is 0. The van der Waals surface area contributed by atoms with Gasteiger partial charge in [-0.05, 0) is 89.0 Å². The second-order valence-electron chi connectivity index (χ2n) is 11.4. The van der Waals surface area contributed by atoms with Crippen LogP contribution in [-0.2, 0) is 0 Å². The van der Waals surface area contributed by atoms with Gasteiger partial charge in [0.05, 0.1) is 22.7 Å². The summed E-state index contributed by atoms with van der Waals surface area (Å²) in [6.45, 7) is 0. The Bertz CT molecular complexity index is 2020. The number of hydrogen-bond acceptors (Lipinski definition) is 4. The van der Waals surface area contributed by atoms with E-state index in [-0.39, 0.29) is 0 Å². The SMILES string of the molecule is c1ccc(-c2ccc(-c3cc(N4c5ccccc5Sc5ccccc54)cc(N4c5ccccc5Sc5ccccc54)c3)cc2)cc1. The summed E-state index contributed by atoms with van der Waals surface area (Å²) >= 11 is 3.68. The third-order valence-corrected chi connectivity index (χ3v) is 10.9. The number of benzene rings is 7. The highest BCUT2D eigenvalue weighted by Crippen LogP contribution is 2.55. The van der Waals surface area contributed by atoms with Crippen molar-refractivity contribution in [1.29, 1.82) is 0 Å². The first-order chi connectivity index (χ1) is 22.8. The summed E-state index contributed by atoms with van der Waals surface area (Å²) in [7, 11) is 0. The molecule has 0 saturated carbocycles. The molecule has 0 unspecified atom stereocenters. The molecule has 0 radical (unpaired) electrons. The Labute approximate surface area is 278 Å². The fourth-order valence-corrected chi connectivity index (χ4v) is 8.59. The Morgan fingerprint density at radius 3 is 1.02 bits per heavy atom. The smallest absolute Gasteiger partial charge is 0.0601 e. The number of rotatable bonds is 4. The summed E-state index contributed by atoms with van der Waals surface area (Å²) in [6, 6.07) is 61.6. The standard InChI is InChI=1S/C42H28N2S2/c1-2-12-29(13-3-1)30-22-24-31(25-23-30)32-26-33(43-35-14-4-8-18-39(35)45-40-19-9-5-15-36(40)43)28-34(27-32)44-37-16-6-10-20-41(37)46-42-21-11-7-17-38(42)44/h1-28H. The summed E-state index contributed by atoms with van der Waals surface area (Å²) in [4.78, 5) is 9.89. The Hall–Kier alpha value is -5.16. The highest BCUT2D eigenvalue weighted by molar-refractivity contribution is 8.00. The van der Waals surface area contributed by atoms with Crippen LogP contribution in [0.1, 0.15) is 0 Å². The van der Waals surface area contributed by atoms with Crippen LogP contribution in [0.4, 0.5) is 34.1 Å². The molecular formula is C42H28N2S2. The molecule has 0 N–H and O–H groups in total. The molecule has 9 rings (SSSR count). The minimum absolute atomic E-state index is 1.13. The topological polar surface area (TPSA) is 6.48 Å². The molecule has 2 aliphatic heterocycles. The highest BCUT2D eigenvalue weighted by Gasteiger charge is 2.28. The van der Waals surface area contributed by atoms with Crippen molar-refractivity contribution in [1.82, 2.24) is 0 Å². The van der Waals surface area contributed by atoms with E-state index in [2.05, 4.69) is 180 Å². The van der Waals surface area contributed by atoms with Crippen molar-refractivity contribution in [2.45, 2.75) is 19.6 Å². The molecule has 0 bridgehead atoms. The molecular weight excluding hydrogens is 597 g/mol. The van der Waals surface area contributed by atoms with E-state index in [0.29, 0.717) is 0 Å². The highest BCUT2D eigenvalue weighted by atomic mass is 32.2. The molecule has 2 aliphatic rings. The van der Waals surface area contributed by atoms with Crippen molar-refractivity contribution in [3.05, 3.63) is 170 Å². The fraction of sp³-hybridized carbons (Fsp3) is 0. The van der Waals surface area contributed by atoms with Crippen molar-refractivity contribution in [2.24, 2.45) is 0 Å². The zero-order valence-electron chi connectivity index (χ0n) is 24.9. The molecule has 2 heterocycles. The maximum atomic E-state index is 2.43. The Kier molecular flexibility index (Phi) is 6.69. The normalized spacial score (nSPS) is 13.0. The van der Waals surface area contributed by atoms with Crippen LogP contribution in [0.25, 0.3) is 22.3 Å². The number of nitrogens with zero attached hydrogens (tertiary/aromatic N) is 2. The van der Waals surface area contributed by atoms with E-state index < -0.39 is 0 Å². The van der Waals surface area contributed by atoms with Crippen LogP contribution in [0.2, 0.25) is 0 Å². The average molecular weight is 625 g/mol. The van der Waals surface area contributed by atoms with Crippen LogP contribution >= 0.6 is 23.5 Å². The monoisotopic (exact) mass is 624 g/mol. The third-order valence-electron chi connectivity index (χ3n) is 8.61. The Balaban J connectivity index is 1.27. The molecule has 0 atom stereocenters. The zero-order chi connectivity index (χ0) is 30.5. The van der Waals surface area contributed by atoms with Crippen LogP contribution in [-0.4, -0.2) is 0 Å². The van der Waals surface area contributed by atoms with E-state index in [1.165, 1.54) is 64.6 Å². The average Bonchev–Trinajstić information content (AvgIpc) is 3.13. The summed E-state index contributed by atoms with van der Waals surface area (Å²) in [5.41, 5.74) is 11.9. The number of anilines is 6. The molecule has 0 aromatic heterocycles. The minimum Gasteiger partial charge on any atom is -0.308 e. The number of hydrogen-bond donors (Lipinski definition) is 0. The molecule has 0 amide bonds. The minimum atomic E-state index is 1.13. The van der Waals surface area contributed by atoms with E-state index >= 15 is 0 Å². The van der Waals surface area contributed by atoms with Crippen LogP contribution in [0.5, 0.6) is 0 Å². The van der Waals surface area contributed by atoms with Gasteiger partial charge in [-0.25, -0.2) is 0 Å². The first-order valence-electron chi connectivity index (χ1n) is 15.4. The van der Waals surface area contributed by atoms with E-state index in [1.807, 2.05) is 23.5 Å². The van der Waals surface area contributed by atoms with Gasteiger partial charge < -0.3 is 9.80 Å². The predicted octanol–water partition coefficient (Wildman–Crippen LogP) is 12.9. The van der Waals surface area contributed by atoms with E-state index in [9.17, 15) is 0 Å².